The number of carbonyl (C=O) groups excluding carboxylic acids is 2. The maximum Gasteiger partial charge on any atom is 0.335 e. The predicted octanol–water partition coefficient (Wildman–Crippen LogP) is 6.40. The molecule has 0 saturated carbocycles. The Bertz CT molecular complexity index is 1730. The van der Waals surface area contributed by atoms with Crippen LogP contribution in [-0.2, 0) is 0 Å². The van der Waals surface area contributed by atoms with Gasteiger partial charge in [-0.25, -0.2) is 9.59 Å². The summed E-state index contributed by atoms with van der Waals surface area (Å²) in [4.78, 5) is 43.9. The van der Waals surface area contributed by atoms with Crippen LogP contribution in [-0.4, -0.2) is 57.7 Å². The summed E-state index contributed by atoms with van der Waals surface area (Å²) in [6.07, 6.45) is 0. The largest absolute Gasteiger partial charge is 0.506 e. The molecule has 12 nitrogen and oxygen atoms in total. The van der Waals surface area contributed by atoms with Crippen molar-refractivity contribution in [2.75, 3.05) is 25.3 Å². The Morgan fingerprint density at radius 3 is 1.56 bits per heavy atom. The number of phenols is 2. The molecule has 0 aliphatic rings. The molecule has 0 atom stereocenters. The van der Waals surface area contributed by atoms with Crippen molar-refractivity contribution in [2.45, 2.75) is 0 Å². The van der Waals surface area contributed by atoms with Crippen molar-refractivity contribution < 1.29 is 49.1 Å². The number of phenolic OH excluding ortho intramolecular Hbond substituents is 2. The molecule has 0 saturated heterocycles. The van der Waals surface area contributed by atoms with Crippen LogP contribution >= 0.6 is 34.8 Å². The van der Waals surface area contributed by atoms with Crippen LogP contribution in [0.1, 0.15) is 41.4 Å². The normalized spacial score (nSPS) is 9.80. The molecule has 4 aromatic rings. The predicted molar refractivity (Wildman–Crippen MR) is 169 cm³/mol. The lowest BCUT2D eigenvalue weighted by Gasteiger charge is -2.10. The molecule has 4 aromatic carbocycles. The summed E-state index contributed by atoms with van der Waals surface area (Å²) in [6, 6.07) is 16.6. The molecule has 0 fully saturated rings. The van der Waals surface area contributed by atoms with Gasteiger partial charge < -0.3 is 41.0 Å². The first-order valence-corrected chi connectivity index (χ1v) is 13.4. The van der Waals surface area contributed by atoms with Gasteiger partial charge in [-0.15, -0.1) is 0 Å². The van der Waals surface area contributed by atoms with Crippen LogP contribution in [0.25, 0.3) is 0 Å². The first-order chi connectivity index (χ1) is 21.2. The van der Waals surface area contributed by atoms with Crippen LogP contribution in [0.2, 0.25) is 10.0 Å². The number of hydrogen-bond donors (Lipinski definition) is 6. The molecule has 15 heteroatoms. The highest BCUT2D eigenvalue weighted by Gasteiger charge is 2.15. The minimum atomic E-state index is -1.17. The van der Waals surface area contributed by atoms with Gasteiger partial charge in [-0.2, -0.15) is 0 Å². The number of aromatic carboxylic acids is 2. The summed E-state index contributed by atoms with van der Waals surface area (Å²) >= 11 is 17.0. The SMILES string of the molecule is COc1ccc(C(=O)Cl)c(Cl)c1.COc1ccc(C(=O)Nc2ccc(C(=O)O)cc2O)c(Cl)c1.Nc1ccc(C(=O)O)cc1O. The van der Waals surface area contributed by atoms with Crippen molar-refractivity contribution in [1.82, 2.24) is 0 Å². The van der Waals surface area contributed by atoms with Crippen LogP contribution in [0.15, 0.2) is 72.8 Å². The van der Waals surface area contributed by atoms with Gasteiger partial charge in [0.1, 0.15) is 23.0 Å². The molecule has 0 aliphatic carbocycles. The average Bonchev–Trinajstić information content (AvgIpc) is 2.99. The smallest absolute Gasteiger partial charge is 0.335 e. The van der Waals surface area contributed by atoms with E-state index >= 15 is 0 Å². The number of nitrogens with two attached hydrogens (primary N) is 1. The second-order valence-corrected chi connectivity index (χ2v) is 9.69. The monoisotopic (exact) mass is 678 g/mol. The molecule has 0 unspecified atom stereocenters. The number of rotatable bonds is 7. The third-order valence-corrected chi connectivity index (χ3v) is 6.41. The highest BCUT2D eigenvalue weighted by atomic mass is 35.5. The van der Waals surface area contributed by atoms with E-state index in [1.54, 1.807) is 12.1 Å². The highest BCUT2D eigenvalue weighted by Crippen LogP contribution is 2.28. The molecule has 4 rings (SSSR count). The van der Waals surface area contributed by atoms with E-state index < -0.39 is 23.1 Å². The van der Waals surface area contributed by atoms with E-state index in [4.69, 9.17) is 65.3 Å². The fourth-order valence-corrected chi connectivity index (χ4v) is 3.95. The van der Waals surface area contributed by atoms with E-state index in [1.165, 1.54) is 62.8 Å². The Balaban J connectivity index is 0.000000259. The topological polar surface area (TPSA) is 206 Å². The van der Waals surface area contributed by atoms with Crippen LogP contribution in [0.3, 0.4) is 0 Å². The second-order valence-electron chi connectivity index (χ2n) is 8.54. The number of ether oxygens (including phenoxy) is 2. The number of benzene rings is 4. The molecular formula is C30H25Cl3N2O10. The van der Waals surface area contributed by atoms with Crippen LogP contribution in [0, 0.1) is 0 Å². The van der Waals surface area contributed by atoms with Gasteiger partial charge in [0.2, 0.25) is 0 Å². The zero-order valence-corrected chi connectivity index (χ0v) is 25.6. The number of carboxylic acid groups (broad SMARTS) is 2. The van der Waals surface area contributed by atoms with Crippen LogP contribution < -0.4 is 20.5 Å². The van der Waals surface area contributed by atoms with Crippen molar-refractivity contribution in [3.05, 3.63) is 105 Å². The van der Waals surface area contributed by atoms with Crippen LogP contribution in [0.5, 0.6) is 23.0 Å². The molecule has 236 valence electrons. The van der Waals surface area contributed by atoms with Gasteiger partial charge in [0.05, 0.1) is 57.9 Å². The Morgan fingerprint density at radius 2 is 1.16 bits per heavy atom. The third kappa shape index (κ3) is 10.5. The van der Waals surface area contributed by atoms with Gasteiger partial charge in [-0.1, -0.05) is 23.2 Å². The standard InChI is InChI=1S/C15H12ClNO5.C8H6Cl2O2.C7H7NO3/c1-22-9-3-4-10(11(16)7-9)14(19)17-12-5-2-8(15(20)21)6-13(12)18;1-12-5-2-3-6(8(10)11)7(9)4-5;8-5-2-1-4(7(10)11)3-6(5)9/h2-7,18H,1H3,(H,17,19)(H,20,21);2-4H,1H3;1-3,9H,8H2,(H,10,11). The summed E-state index contributed by atoms with van der Waals surface area (Å²) < 4.78 is 9.88. The molecule has 0 aliphatic heterocycles. The number of carboxylic acids is 2. The van der Waals surface area contributed by atoms with Crippen molar-refractivity contribution >= 4 is 69.3 Å². The van der Waals surface area contributed by atoms with Gasteiger partial charge in [0.25, 0.3) is 11.1 Å². The molecule has 0 radical (unpaired) electrons. The van der Waals surface area contributed by atoms with E-state index in [-0.39, 0.29) is 44.6 Å². The zero-order chi connectivity index (χ0) is 33.8. The van der Waals surface area contributed by atoms with Crippen molar-refractivity contribution in [3.63, 3.8) is 0 Å². The maximum atomic E-state index is 12.1. The van der Waals surface area contributed by atoms with Crippen molar-refractivity contribution in [1.29, 1.82) is 0 Å². The number of nitrogens with one attached hydrogen (secondary N) is 1. The van der Waals surface area contributed by atoms with E-state index in [0.29, 0.717) is 22.1 Å². The van der Waals surface area contributed by atoms with E-state index in [2.05, 4.69) is 5.32 Å². The maximum absolute atomic E-state index is 12.1. The molecule has 0 aromatic heterocycles. The average molecular weight is 680 g/mol. The number of carbonyl (C=O) groups is 4. The van der Waals surface area contributed by atoms with Gasteiger partial charge in [-0.05, 0) is 84.4 Å². The second kappa shape index (κ2) is 16.6. The number of nitrogen functional groups attached to an aromatic ring is 1. The van der Waals surface area contributed by atoms with Crippen LogP contribution in [0.4, 0.5) is 11.4 Å². The Kier molecular flexibility index (Phi) is 13.3. The molecular weight excluding hydrogens is 655 g/mol. The lowest BCUT2D eigenvalue weighted by molar-refractivity contribution is 0.0686. The number of anilines is 2. The number of hydrogen-bond acceptors (Lipinski definition) is 9. The number of amides is 1. The first-order valence-electron chi connectivity index (χ1n) is 12.2. The Labute approximate surface area is 271 Å². The molecule has 0 bridgehead atoms. The highest BCUT2D eigenvalue weighted by molar-refractivity contribution is 6.68. The number of halogens is 3. The molecule has 7 N–H and O–H groups in total. The summed E-state index contributed by atoms with van der Waals surface area (Å²) in [5, 5.41) is 38.4. The molecule has 1 amide bonds. The summed E-state index contributed by atoms with van der Waals surface area (Å²) in [6.45, 7) is 0. The molecule has 45 heavy (non-hydrogen) atoms. The minimum Gasteiger partial charge on any atom is -0.506 e. The van der Waals surface area contributed by atoms with Gasteiger partial charge in [-0.3, -0.25) is 9.59 Å². The zero-order valence-electron chi connectivity index (χ0n) is 23.4. The van der Waals surface area contributed by atoms with E-state index in [9.17, 15) is 24.3 Å². The first kappa shape index (κ1) is 36.0. The van der Waals surface area contributed by atoms with E-state index in [0.717, 1.165) is 12.1 Å². The Morgan fingerprint density at radius 1 is 0.689 bits per heavy atom. The fourth-order valence-electron chi connectivity index (χ4n) is 3.23. The fraction of sp³-hybridized carbons (Fsp3) is 0.0667. The molecule has 0 spiro atoms. The van der Waals surface area contributed by atoms with Gasteiger partial charge >= 0.3 is 11.9 Å². The summed E-state index contributed by atoms with van der Waals surface area (Å²) in [5.74, 6) is -2.24. The number of methoxy groups -OCH3 is 2. The lowest BCUT2D eigenvalue weighted by Crippen LogP contribution is -2.13. The lowest BCUT2D eigenvalue weighted by atomic mass is 10.1. The van der Waals surface area contributed by atoms with Crippen molar-refractivity contribution in [2.24, 2.45) is 0 Å². The van der Waals surface area contributed by atoms with Crippen molar-refractivity contribution in [3.8, 4) is 23.0 Å². The van der Waals surface area contributed by atoms with Gasteiger partial charge in [0, 0.05) is 0 Å². The third-order valence-electron chi connectivity index (χ3n) is 5.58. The quantitative estimate of drug-likeness (QED) is 0.0715. The molecule has 0 heterocycles. The number of aromatic hydroxyl groups is 2. The summed E-state index contributed by atoms with van der Waals surface area (Å²) in [7, 11) is 3.00. The van der Waals surface area contributed by atoms with E-state index in [1.807, 2.05) is 0 Å². The summed E-state index contributed by atoms with van der Waals surface area (Å²) in [5.41, 5.74) is 5.94. The minimum absolute atomic E-state index is 0.0247. The Hall–Kier alpha value is -5.17. The van der Waals surface area contributed by atoms with Gasteiger partial charge in [0.15, 0.2) is 0 Å².